The van der Waals surface area contributed by atoms with Gasteiger partial charge >= 0.3 is 11.9 Å². The summed E-state index contributed by atoms with van der Waals surface area (Å²) in [5.74, 6) is -1.56. The number of amides is 2. The second kappa shape index (κ2) is 16.8. The maximum atomic E-state index is 14.4. The Morgan fingerprint density at radius 2 is 1.90 bits per heavy atom. The minimum Gasteiger partial charge on any atom is -0.455 e. The number of carbonyl (C=O) groups is 4. The highest BCUT2D eigenvalue weighted by atomic mass is 32.1. The van der Waals surface area contributed by atoms with Crippen molar-refractivity contribution < 1.29 is 28.7 Å². The highest BCUT2D eigenvalue weighted by molar-refractivity contribution is 7.09. The predicted molar refractivity (Wildman–Crippen MR) is 159 cm³/mol. The maximum Gasteiger partial charge on any atom is 0.307 e. The Labute approximate surface area is 249 Å². The second-order valence-corrected chi connectivity index (χ2v) is 12.4. The molecule has 1 aromatic rings. The summed E-state index contributed by atoms with van der Waals surface area (Å²) in [6.07, 6.45) is 3.88. The molecule has 41 heavy (non-hydrogen) atoms. The molecule has 1 N–H and O–H groups in total. The zero-order chi connectivity index (χ0) is 30.7. The third kappa shape index (κ3) is 10.4. The molecule has 1 unspecified atom stereocenters. The van der Waals surface area contributed by atoms with Gasteiger partial charge in [0.2, 0.25) is 11.8 Å². The van der Waals surface area contributed by atoms with Crippen molar-refractivity contribution in [2.45, 2.75) is 118 Å². The summed E-state index contributed by atoms with van der Waals surface area (Å²) in [6, 6.07) is -1.56. The summed E-state index contributed by atoms with van der Waals surface area (Å²) in [5, 5.41) is 5.60. The fourth-order valence-corrected chi connectivity index (χ4v) is 5.99. The lowest BCUT2D eigenvalue weighted by atomic mass is 9.92. The molecule has 5 atom stereocenters. The molecule has 1 aliphatic heterocycles. The predicted octanol–water partition coefficient (Wildman–Crippen LogP) is 4.62. The number of nitrogens with zero attached hydrogens (tertiary/aromatic N) is 3. The molecule has 11 heteroatoms. The van der Waals surface area contributed by atoms with Gasteiger partial charge in [-0.25, -0.2) is 4.98 Å². The number of aromatic nitrogens is 1. The van der Waals surface area contributed by atoms with Crippen molar-refractivity contribution in [3.05, 3.63) is 16.1 Å². The molecule has 10 nitrogen and oxygen atoms in total. The number of piperidine rings is 1. The topological polar surface area (TPSA) is 118 Å². The number of aryl methyl sites for hydroxylation is 1. The summed E-state index contributed by atoms with van der Waals surface area (Å²) in [5.41, 5.74) is 0.817. The summed E-state index contributed by atoms with van der Waals surface area (Å²) < 4.78 is 11.3. The highest BCUT2D eigenvalue weighted by Gasteiger charge is 2.39. The molecular weight excluding hydrogens is 544 g/mol. The average Bonchev–Trinajstić information content (AvgIpc) is 3.35. The Kier molecular flexibility index (Phi) is 14.2. The molecule has 1 aromatic heterocycles. The normalized spacial score (nSPS) is 18.7. The molecule has 2 rings (SSSR count). The van der Waals surface area contributed by atoms with E-state index in [9.17, 15) is 19.2 Å². The van der Waals surface area contributed by atoms with Crippen molar-refractivity contribution in [3.8, 4) is 0 Å². The van der Waals surface area contributed by atoms with Gasteiger partial charge in [0.15, 0.2) is 12.8 Å². The van der Waals surface area contributed by atoms with E-state index in [0.717, 1.165) is 31.5 Å². The van der Waals surface area contributed by atoms with E-state index in [4.69, 9.17) is 9.47 Å². The first kappa shape index (κ1) is 34.7. The third-order valence-electron chi connectivity index (χ3n) is 7.80. The van der Waals surface area contributed by atoms with Crippen LogP contribution in [-0.2, 0) is 28.7 Å². The van der Waals surface area contributed by atoms with Gasteiger partial charge in [0.25, 0.3) is 0 Å². The van der Waals surface area contributed by atoms with Gasteiger partial charge in [-0.15, -0.1) is 11.3 Å². The Morgan fingerprint density at radius 3 is 2.44 bits per heavy atom. The Morgan fingerprint density at radius 1 is 1.20 bits per heavy atom. The van der Waals surface area contributed by atoms with Crippen LogP contribution in [0.4, 0.5) is 0 Å². The van der Waals surface area contributed by atoms with E-state index in [1.807, 2.05) is 58.9 Å². The van der Waals surface area contributed by atoms with E-state index in [2.05, 4.69) is 10.3 Å². The van der Waals surface area contributed by atoms with Crippen LogP contribution in [0.15, 0.2) is 5.38 Å². The maximum absolute atomic E-state index is 14.4. The lowest BCUT2D eigenvalue weighted by Gasteiger charge is -2.39. The van der Waals surface area contributed by atoms with Crippen LogP contribution >= 0.6 is 11.3 Å². The summed E-state index contributed by atoms with van der Waals surface area (Å²) in [6.45, 7) is 13.6. The number of rotatable bonds is 15. The SMILES string of the molecule is CCCC(=O)OCN(C(=O)[C@@H](NC(=O)[C@H]1CCCCN1C)C(C)CC)[C@H](C[C@@H](OC(C)=O)c1nc(C)cs1)C(C)C. The van der Waals surface area contributed by atoms with Gasteiger partial charge in [-0.3, -0.25) is 24.1 Å². The lowest BCUT2D eigenvalue weighted by molar-refractivity contribution is -0.160. The van der Waals surface area contributed by atoms with E-state index in [1.165, 1.54) is 18.3 Å². The number of likely N-dealkylation sites (tertiary alicyclic amines) is 1. The first-order valence-electron chi connectivity index (χ1n) is 14.9. The van der Waals surface area contributed by atoms with Crippen LogP contribution in [0, 0.1) is 18.8 Å². The molecular formula is C30H50N4O6S. The number of hydrogen-bond donors (Lipinski definition) is 1. The van der Waals surface area contributed by atoms with Crippen molar-refractivity contribution in [1.29, 1.82) is 0 Å². The quantitative estimate of drug-likeness (QED) is 0.231. The Bertz CT molecular complexity index is 1010. The molecule has 1 saturated heterocycles. The molecule has 0 aromatic carbocycles. The smallest absolute Gasteiger partial charge is 0.307 e. The van der Waals surface area contributed by atoms with Crippen LogP contribution in [0.1, 0.15) is 103 Å². The molecule has 0 spiro atoms. The summed E-state index contributed by atoms with van der Waals surface area (Å²) in [7, 11) is 1.94. The van der Waals surface area contributed by atoms with Crippen molar-refractivity contribution >= 4 is 35.1 Å². The number of nitrogens with one attached hydrogen (secondary N) is 1. The van der Waals surface area contributed by atoms with Gasteiger partial charge in [0, 0.05) is 36.9 Å². The monoisotopic (exact) mass is 594 g/mol. The number of thiazole rings is 1. The largest absolute Gasteiger partial charge is 0.455 e. The average molecular weight is 595 g/mol. The van der Waals surface area contributed by atoms with E-state index in [0.29, 0.717) is 17.8 Å². The summed E-state index contributed by atoms with van der Waals surface area (Å²) in [4.78, 5) is 60.4. The molecule has 0 aliphatic carbocycles. The van der Waals surface area contributed by atoms with Crippen LogP contribution in [0.3, 0.4) is 0 Å². The molecule has 0 saturated carbocycles. The van der Waals surface area contributed by atoms with E-state index in [-0.39, 0.29) is 49.3 Å². The second-order valence-electron chi connectivity index (χ2n) is 11.5. The fraction of sp³-hybridized carbons (Fsp3) is 0.767. The van der Waals surface area contributed by atoms with Gasteiger partial charge in [-0.2, -0.15) is 0 Å². The van der Waals surface area contributed by atoms with Gasteiger partial charge in [0.05, 0.1) is 6.04 Å². The molecule has 1 aliphatic rings. The number of likely N-dealkylation sites (N-methyl/N-ethyl adjacent to an activating group) is 1. The van der Waals surface area contributed by atoms with Crippen molar-refractivity contribution in [1.82, 2.24) is 20.1 Å². The van der Waals surface area contributed by atoms with Crippen LogP contribution in [0.2, 0.25) is 0 Å². The zero-order valence-electron chi connectivity index (χ0n) is 26.1. The number of ether oxygens (including phenoxy) is 2. The third-order valence-corrected chi connectivity index (χ3v) is 8.85. The number of esters is 2. The molecule has 0 radical (unpaired) electrons. The minimum atomic E-state index is -0.803. The van der Waals surface area contributed by atoms with Crippen LogP contribution < -0.4 is 5.32 Å². The molecule has 2 heterocycles. The van der Waals surface area contributed by atoms with Crippen LogP contribution in [0.25, 0.3) is 0 Å². The summed E-state index contributed by atoms with van der Waals surface area (Å²) >= 11 is 1.40. The molecule has 2 amide bonds. The van der Waals surface area contributed by atoms with Crippen LogP contribution in [0.5, 0.6) is 0 Å². The van der Waals surface area contributed by atoms with E-state index >= 15 is 0 Å². The van der Waals surface area contributed by atoms with Crippen molar-refractivity contribution in [3.63, 3.8) is 0 Å². The van der Waals surface area contributed by atoms with Crippen molar-refractivity contribution in [2.75, 3.05) is 20.3 Å². The minimum absolute atomic E-state index is 0.0827. The number of hydrogen-bond acceptors (Lipinski definition) is 9. The van der Waals surface area contributed by atoms with Crippen molar-refractivity contribution in [2.24, 2.45) is 11.8 Å². The Balaban J connectivity index is 2.44. The first-order valence-corrected chi connectivity index (χ1v) is 15.8. The van der Waals surface area contributed by atoms with Gasteiger partial charge in [-0.05, 0) is 51.6 Å². The molecule has 0 bridgehead atoms. The number of carbonyl (C=O) groups excluding carboxylic acids is 4. The Hall–Kier alpha value is -2.53. The van der Waals surface area contributed by atoms with Gasteiger partial charge in [0.1, 0.15) is 11.0 Å². The fourth-order valence-electron chi connectivity index (χ4n) is 5.16. The highest BCUT2D eigenvalue weighted by Crippen LogP contribution is 2.31. The molecule has 232 valence electrons. The van der Waals surface area contributed by atoms with E-state index in [1.54, 1.807) is 4.90 Å². The standard InChI is InChI=1S/C30H50N4O6S/c1-9-13-26(36)39-18-34(24(19(3)4)16-25(40-22(7)35)29-31-21(6)17-41-29)30(38)27(20(5)10-2)32-28(37)23-14-11-12-15-33(23)8/h17,19-20,23-25,27H,9-16,18H2,1-8H3,(H,32,37)/t20?,23-,24-,25-,27+/m1/s1. The first-order chi connectivity index (χ1) is 19.4. The van der Waals surface area contributed by atoms with Gasteiger partial charge in [-0.1, -0.05) is 47.5 Å². The van der Waals surface area contributed by atoms with Gasteiger partial charge < -0.3 is 19.7 Å². The zero-order valence-corrected chi connectivity index (χ0v) is 26.9. The lowest BCUT2D eigenvalue weighted by Crippen LogP contribution is -2.59. The van der Waals surface area contributed by atoms with Crippen LogP contribution in [-0.4, -0.2) is 77.0 Å². The molecule has 1 fully saturated rings. The van der Waals surface area contributed by atoms with E-state index < -0.39 is 30.1 Å².